The Hall–Kier alpha value is -4.21. The van der Waals surface area contributed by atoms with Crippen LogP contribution in [0.2, 0.25) is 5.02 Å². The molecular weight excluding hydrogens is 613 g/mol. The number of rotatable bonds is 13. The fourth-order valence-corrected chi connectivity index (χ4v) is 6.57. The van der Waals surface area contributed by atoms with E-state index in [0.717, 1.165) is 15.4 Å². The second kappa shape index (κ2) is 15.2. The molecule has 4 rings (SSSR count). The summed E-state index contributed by atoms with van der Waals surface area (Å²) in [6, 6.07) is 25.3. The Bertz CT molecular complexity index is 1730. The first-order valence-corrected chi connectivity index (χ1v) is 16.5. The summed E-state index contributed by atoms with van der Waals surface area (Å²) in [6.07, 6.45) is 0.805. The van der Waals surface area contributed by atoms with Crippen molar-refractivity contribution in [3.63, 3.8) is 0 Å². The Labute approximate surface area is 269 Å². The molecule has 0 bridgehead atoms. The van der Waals surface area contributed by atoms with Crippen molar-refractivity contribution in [2.75, 3.05) is 17.4 Å². The quantitative estimate of drug-likeness (QED) is 0.180. The van der Waals surface area contributed by atoms with Gasteiger partial charge in [-0.3, -0.25) is 13.9 Å². The van der Waals surface area contributed by atoms with Gasteiger partial charge in [-0.15, -0.1) is 0 Å². The lowest BCUT2D eigenvalue weighted by molar-refractivity contribution is -0.140. The fraction of sp³-hybridized carbons (Fsp3) is 0.257. The smallest absolute Gasteiger partial charge is 0.264 e. The van der Waals surface area contributed by atoms with E-state index in [2.05, 4.69) is 5.32 Å². The fourth-order valence-electron chi connectivity index (χ4n) is 4.93. The molecule has 0 aliphatic heterocycles. The third-order valence-corrected chi connectivity index (χ3v) is 9.46. The number of carbonyl (C=O) groups excluding carboxylic acids is 2. The van der Waals surface area contributed by atoms with Crippen molar-refractivity contribution in [1.29, 1.82) is 0 Å². The number of nitrogens with one attached hydrogen (secondary N) is 1. The maximum atomic E-state index is 15.0. The molecule has 45 heavy (non-hydrogen) atoms. The second-order valence-electron chi connectivity index (χ2n) is 10.9. The zero-order valence-corrected chi connectivity index (χ0v) is 27.1. The summed E-state index contributed by atoms with van der Waals surface area (Å²) in [4.78, 5) is 29.4. The van der Waals surface area contributed by atoms with Crippen LogP contribution in [0.4, 0.5) is 10.1 Å². The van der Waals surface area contributed by atoms with Crippen LogP contribution in [0.25, 0.3) is 0 Å². The van der Waals surface area contributed by atoms with Crippen LogP contribution in [0.5, 0.6) is 0 Å². The molecule has 0 saturated carbocycles. The normalized spacial score (nSPS) is 11.9. The predicted octanol–water partition coefficient (Wildman–Crippen LogP) is 6.46. The molecule has 236 valence electrons. The van der Waals surface area contributed by atoms with E-state index >= 15 is 4.39 Å². The van der Waals surface area contributed by atoms with E-state index < -0.39 is 40.2 Å². The van der Waals surface area contributed by atoms with Gasteiger partial charge in [0.15, 0.2) is 0 Å². The van der Waals surface area contributed by atoms with Crippen molar-refractivity contribution in [1.82, 2.24) is 10.2 Å². The number of nitrogens with zero attached hydrogens (tertiary/aromatic N) is 2. The van der Waals surface area contributed by atoms with E-state index in [1.54, 1.807) is 43.3 Å². The lowest BCUT2D eigenvalue weighted by Crippen LogP contribution is -2.53. The van der Waals surface area contributed by atoms with Crippen LogP contribution < -0.4 is 9.62 Å². The minimum Gasteiger partial charge on any atom is -0.354 e. The molecule has 4 aromatic rings. The van der Waals surface area contributed by atoms with E-state index in [-0.39, 0.29) is 34.1 Å². The molecule has 10 heteroatoms. The molecular formula is C35H37ClFN3O4S. The van der Waals surface area contributed by atoms with Gasteiger partial charge in [0.1, 0.15) is 18.4 Å². The van der Waals surface area contributed by atoms with Gasteiger partial charge in [0, 0.05) is 30.1 Å². The average molecular weight is 650 g/mol. The number of carbonyl (C=O) groups is 2. The minimum absolute atomic E-state index is 0.0116. The van der Waals surface area contributed by atoms with Gasteiger partial charge in [-0.05, 0) is 61.7 Å². The maximum Gasteiger partial charge on any atom is 0.264 e. The Morgan fingerprint density at radius 1 is 0.911 bits per heavy atom. The SMILES string of the molecule is CCCNC(=O)C(Cc1ccccc1)N(Cc1ccccc1F)C(=O)CN(c1cc(Cl)ccc1C)S(=O)(=O)c1ccc(C)cc1. The van der Waals surface area contributed by atoms with Crippen LogP contribution in [0.1, 0.15) is 35.6 Å². The van der Waals surface area contributed by atoms with Crippen LogP contribution in [0, 0.1) is 19.7 Å². The van der Waals surface area contributed by atoms with E-state index in [9.17, 15) is 18.0 Å². The first-order chi connectivity index (χ1) is 21.5. The van der Waals surface area contributed by atoms with Gasteiger partial charge in [0.25, 0.3) is 10.0 Å². The highest BCUT2D eigenvalue weighted by Gasteiger charge is 2.35. The van der Waals surface area contributed by atoms with Crippen molar-refractivity contribution >= 4 is 39.1 Å². The molecule has 7 nitrogen and oxygen atoms in total. The van der Waals surface area contributed by atoms with Gasteiger partial charge in [0.05, 0.1) is 10.6 Å². The van der Waals surface area contributed by atoms with Crippen LogP contribution in [-0.2, 0) is 32.6 Å². The van der Waals surface area contributed by atoms with Crippen LogP contribution in [0.15, 0.2) is 102 Å². The molecule has 0 saturated heterocycles. The van der Waals surface area contributed by atoms with E-state index in [0.29, 0.717) is 18.5 Å². The molecule has 0 fully saturated rings. The van der Waals surface area contributed by atoms with Gasteiger partial charge >= 0.3 is 0 Å². The maximum absolute atomic E-state index is 15.0. The lowest BCUT2D eigenvalue weighted by atomic mass is 10.0. The average Bonchev–Trinajstić information content (AvgIpc) is 3.03. The minimum atomic E-state index is -4.29. The predicted molar refractivity (Wildman–Crippen MR) is 176 cm³/mol. The van der Waals surface area contributed by atoms with Crippen molar-refractivity contribution in [3.05, 3.63) is 130 Å². The number of anilines is 1. The Morgan fingerprint density at radius 3 is 2.24 bits per heavy atom. The highest BCUT2D eigenvalue weighted by molar-refractivity contribution is 7.92. The molecule has 0 aromatic heterocycles. The highest BCUT2D eigenvalue weighted by Crippen LogP contribution is 2.30. The Balaban J connectivity index is 1.83. The summed E-state index contributed by atoms with van der Waals surface area (Å²) in [5.41, 5.74) is 2.64. The van der Waals surface area contributed by atoms with Gasteiger partial charge in [-0.1, -0.05) is 90.8 Å². The molecule has 1 atom stereocenters. The zero-order valence-electron chi connectivity index (χ0n) is 25.5. The summed E-state index contributed by atoms with van der Waals surface area (Å²) >= 11 is 6.32. The second-order valence-corrected chi connectivity index (χ2v) is 13.2. The molecule has 1 N–H and O–H groups in total. The number of sulfonamides is 1. The van der Waals surface area contributed by atoms with E-state index in [4.69, 9.17) is 11.6 Å². The van der Waals surface area contributed by atoms with Crippen LogP contribution >= 0.6 is 11.6 Å². The van der Waals surface area contributed by atoms with Gasteiger partial charge in [0.2, 0.25) is 11.8 Å². The Morgan fingerprint density at radius 2 is 1.58 bits per heavy atom. The number of benzene rings is 4. The van der Waals surface area contributed by atoms with Crippen molar-refractivity contribution in [2.45, 2.75) is 51.1 Å². The number of halogens is 2. The first-order valence-electron chi connectivity index (χ1n) is 14.7. The number of hydrogen-bond acceptors (Lipinski definition) is 4. The lowest BCUT2D eigenvalue weighted by Gasteiger charge is -2.34. The molecule has 2 amide bonds. The van der Waals surface area contributed by atoms with Crippen LogP contribution in [0.3, 0.4) is 0 Å². The van der Waals surface area contributed by atoms with Gasteiger partial charge in [-0.25, -0.2) is 12.8 Å². The monoisotopic (exact) mass is 649 g/mol. The topological polar surface area (TPSA) is 86.8 Å². The van der Waals surface area contributed by atoms with Crippen LogP contribution in [-0.4, -0.2) is 44.3 Å². The van der Waals surface area contributed by atoms with Gasteiger partial charge < -0.3 is 10.2 Å². The molecule has 0 radical (unpaired) electrons. The Kier molecular flexibility index (Phi) is 11.4. The third kappa shape index (κ3) is 8.49. The number of hydrogen-bond donors (Lipinski definition) is 1. The summed E-state index contributed by atoms with van der Waals surface area (Å²) < 4.78 is 44.4. The number of amides is 2. The summed E-state index contributed by atoms with van der Waals surface area (Å²) in [6.45, 7) is 4.95. The molecule has 4 aromatic carbocycles. The summed E-state index contributed by atoms with van der Waals surface area (Å²) in [5.74, 6) is -1.64. The van der Waals surface area contributed by atoms with E-state index in [1.165, 1.54) is 35.2 Å². The summed E-state index contributed by atoms with van der Waals surface area (Å²) in [5, 5.41) is 3.16. The zero-order chi connectivity index (χ0) is 32.6. The first kappa shape index (κ1) is 33.7. The number of aryl methyl sites for hydroxylation is 2. The molecule has 0 aliphatic rings. The highest BCUT2D eigenvalue weighted by atomic mass is 35.5. The van der Waals surface area contributed by atoms with Crippen molar-refractivity contribution in [2.24, 2.45) is 0 Å². The standard InChI is InChI=1S/C35H37ClFN3O4S/c1-4-20-38-35(42)33(21-27-10-6-5-7-11-27)39(23-28-12-8-9-13-31(28)37)34(41)24-40(32-22-29(36)17-16-26(32)3)45(43,44)30-18-14-25(2)15-19-30/h5-19,22,33H,4,20-21,23-24H2,1-3H3,(H,38,42). The van der Waals surface area contributed by atoms with Gasteiger partial charge in [-0.2, -0.15) is 0 Å². The molecule has 1 unspecified atom stereocenters. The van der Waals surface area contributed by atoms with Crippen molar-refractivity contribution in [3.8, 4) is 0 Å². The van der Waals surface area contributed by atoms with E-state index in [1.807, 2.05) is 44.2 Å². The summed E-state index contributed by atoms with van der Waals surface area (Å²) in [7, 11) is -4.29. The third-order valence-electron chi connectivity index (χ3n) is 7.45. The molecule has 0 heterocycles. The van der Waals surface area contributed by atoms with Crippen molar-refractivity contribution < 1.29 is 22.4 Å². The largest absolute Gasteiger partial charge is 0.354 e. The molecule has 0 spiro atoms. The molecule has 0 aliphatic carbocycles.